The van der Waals surface area contributed by atoms with Gasteiger partial charge < -0.3 is 5.32 Å². The number of nitrogens with one attached hydrogen (secondary N) is 1. The van der Waals surface area contributed by atoms with Gasteiger partial charge in [0, 0.05) is 44.0 Å². The molecule has 1 saturated heterocycles. The highest BCUT2D eigenvalue weighted by atomic mass is 16.2. The quantitative estimate of drug-likeness (QED) is 0.638. The van der Waals surface area contributed by atoms with Gasteiger partial charge in [0.2, 0.25) is 5.91 Å². The number of hydrogen-bond acceptors (Lipinski definition) is 4. The Morgan fingerprint density at radius 1 is 0.938 bits per heavy atom. The second-order valence-electron chi connectivity index (χ2n) is 8.20. The molecule has 0 aliphatic carbocycles. The molecule has 1 aliphatic heterocycles. The molecule has 0 radical (unpaired) electrons. The summed E-state index contributed by atoms with van der Waals surface area (Å²) in [6, 6.07) is 27.8. The minimum absolute atomic E-state index is 0.0222. The molecule has 1 heterocycles. The second-order valence-corrected chi connectivity index (χ2v) is 8.20. The summed E-state index contributed by atoms with van der Waals surface area (Å²) >= 11 is 0. The number of benzene rings is 3. The summed E-state index contributed by atoms with van der Waals surface area (Å²) in [6.45, 7) is 6.38. The maximum absolute atomic E-state index is 13.0. The Hall–Kier alpha value is -3.46. The molecule has 0 aromatic heterocycles. The van der Waals surface area contributed by atoms with Crippen LogP contribution in [0.15, 0.2) is 78.9 Å². The van der Waals surface area contributed by atoms with Gasteiger partial charge in [-0.25, -0.2) is 0 Å². The molecular formula is C27H28N4O. The van der Waals surface area contributed by atoms with Crippen LogP contribution in [0.3, 0.4) is 0 Å². The van der Waals surface area contributed by atoms with Crippen LogP contribution in [0.1, 0.15) is 18.1 Å². The van der Waals surface area contributed by atoms with Crippen LogP contribution in [0.2, 0.25) is 0 Å². The van der Waals surface area contributed by atoms with Crippen molar-refractivity contribution in [3.05, 3.63) is 90.0 Å². The molecule has 1 fully saturated rings. The van der Waals surface area contributed by atoms with Crippen molar-refractivity contribution >= 4 is 11.6 Å². The fourth-order valence-corrected chi connectivity index (χ4v) is 4.12. The van der Waals surface area contributed by atoms with E-state index in [1.54, 1.807) is 0 Å². The molecule has 0 unspecified atom stereocenters. The molecular weight excluding hydrogens is 396 g/mol. The fraction of sp³-hybridized carbons (Fsp3) is 0.259. The first kappa shape index (κ1) is 21.8. The zero-order chi connectivity index (χ0) is 22.3. The largest absolute Gasteiger partial charge is 0.324 e. The number of amides is 1. The Labute approximate surface area is 189 Å². The molecule has 1 N–H and O–H groups in total. The minimum atomic E-state index is -0.198. The highest BCUT2D eigenvalue weighted by molar-refractivity contribution is 5.98. The van der Waals surface area contributed by atoms with E-state index < -0.39 is 0 Å². The SMILES string of the molecule is C[C@H](C(=O)Nc1ccccc1-c1ccccc1)N1CCN(Cc2ccc(C#N)cc2)CC1. The summed E-state index contributed by atoms with van der Waals surface area (Å²) in [7, 11) is 0. The van der Waals surface area contributed by atoms with Crippen molar-refractivity contribution in [1.29, 1.82) is 5.26 Å². The molecule has 3 aromatic carbocycles. The number of piperazine rings is 1. The Balaban J connectivity index is 1.33. The molecule has 0 saturated carbocycles. The first-order valence-electron chi connectivity index (χ1n) is 11.0. The van der Waals surface area contributed by atoms with Gasteiger partial charge >= 0.3 is 0 Å². The summed E-state index contributed by atoms with van der Waals surface area (Å²) in [6.07, 6.45) is 0. The van der Waals surface area contributed by atoms with Crippen molar-refractivity contribution in [2.24, 2.45) is 0 Å². The molecule has 4 rings (SSSR count). The van der Waals surface area contributed by atoms with Crippen molar-refractivity contribution in [1.82, 2.24) is 9.80 Å². The molecule has 5 heteroatoms. The van der Waals surface area contributed by atoms with E-state index in [0.717, 1.165) is 49.5 Å². The fourth-order valence-electron chi connectivity index (χ4n) is 4.12. The van der Waals surface area contributed by atoms with Gasteiger partial charge in [-0.3, -0.25) is 14.6 Å². The summed E-state index contributed by atoms with van der Waals surface area (Å²) in [5.74, 6) is 0.0222. The van der Waals surface area contributed by atoms with E-state index in [-0.39, 0.29) is 11.9 Å². The molecule has 1 atom stereocenters. The third-order valence-electron chi connectivity index (χ3n) is 6.09. The average Bonchev–Trinajstić information content (AvgIpc) is 2.85. The summed E-state index contributed by atoms with van der Waals surface area (Å²) in [4.78, 5) is 17.7. The normalized spacial score (nSPS) is 15.6. The molecule has 5 nitrogen and oxygen atoms in total. The lowest BCUT2D eigenvalue weighted by Crippen LogP contribution is -2.52. The lowest BCUT2D eigenvalue weighted by molar-refractivity contribution is -0.121. The van der Waals surface area contributed by atoms with Crippen LogP contribution in [0.4, 0.5) is 5.69 Å². The van der Waals surface area contributed by atoms with Gasteiger partial charge in [-0.05, 0) is 36.2 Å². The maximum atomic E-state index is 13.0. The summed E-state index contributed by atoms with van der Waals surface area (Å²) in [5, 5.41) is 12.1. The first-order chi connectivity index (χ1) is 15.6. The van der Waals surface area contributed by atoms with Crippen LogP contribution in [0, 0.1) is 11.3 Å². The molecule has 3 aromatic rings. The van der Waals surface area contributed by atoms with Crippen LogP contribution in [0.5, 0.6) is 0 Å². The number of para-hydroxylation sites is 1. The van der Waals surface area contributed by atoms with Crippen LogP contribution in [0.25, 0.3) is 11.1 Å². The van der Waals surface area contributed by atoms with Crippen molar-refractivity contribution in [2.75, 3.05) is 31.5 Å². The van der Waals surface area contributed by atoms with Gasteiger partial charge in [0.1, 0.15) is 0 Å². The monoisotopic (exact) mass is 424 g/mol. The van der Waals surface area contributed by atoms with E-state index in [1.165, 1.54) is 5.56 Å². The number of anilines is 1. The number of carbonyl (C=O) groups excluding carboxylic acids is 1. The van der Waals surface area contributed by atoms with E-state index in [0.29, 0.717) is 5.56 Å². The summed E-state index contributed by atoms with van der Waals surface area (Å²) < 4.78 is 0. The highest BCUT2D eigenvalue weighted by Gasteiger charge is 2.26. The topological polar surface area (TPSA) is 59.4 Å². The Kier molecular flexibility index (Phi) is 6.96. The number of nitriles is 1. The average molecular weight is 425 g/mol. The van der Waals surface area contributed by atoms with Crippen LogP contribution >= 0.6 is 0 Å². The smallest absolute Gasteiger partial charge is 0.241 e. The molecule has 0 bridgehead atoms. The number of hydrogen-bond donors (Lipinski definition) is 1. The van der Waals surface area contributed by atoms with E-state index in [9.17, 15) is 4.79 Å². The van der Waals surface area contributed by atoms with Gasteiger partial charge in [0.25, 0.3) is 0 Å². The van der Waals surface area contributed by atoms with Crippen LogP contribution < -0.4 is 5.32 Å². The van der Waals surface area contributed by atoms with Crippen molar-refractivity contribution in [3.63, 3.8) is 0 Å². The zero-order valence-electron chi connectivity index (χ0n) is 18.4. The second kappa shape index (κ2) is 10.2. The third-order valence-corrected chi connectivity index (χ3v) is 6.09. The number of rotatable bonds is 6. The zero-order valence-corrected chi connectivity index (χ0v) is 18.4. The van der Waals surface area contributed by atoms with Crippen LogP contribution in [-0.4, -0.2) is 47.9 Å². The Bertz CT molecular complexity index is 1080. The molecule has 162 valence electrons. The van der Waals surface area contributed by atoms with Gasteiger partial charge in [-0.15, -0.1) is 0 Å². The third kappa shape index (κ3) is 5.23. The van der Waals surface area contributed by atoms with Gasteiger partial charge in [0.15, 0.2) is 0 Å². The predicted molar refractivity (Wildman–Crippen MR) is 128 cm³/mol. The lowest BCUT2D eigenvalue weighted by atomic mass is 10.0. The van der Waals surface area contributed by atoms with E-state index in [4.69, 9.17) is 5.26 Å². The van der Waals surface area contributed by atoms with E-state index >= 15 is 0 Å². The maximum Gasteiger partial charge on any atom is 0.241 e. The molecule has 1 aliphatic rings. The Morgan fingerprint density at radius 2 is 1.59 bits per heavy atom. The summed E-state index contributed by atoms with van der Waals surface area (Å²) in [5.41, 5.74) is 4.86. The first-order valence-corrected chi connectivity index (χ1v) is 11.0. The van der Waals surface area contributed by atoms with Crippen molar-refractivity contribution in [3.8, 4) is 17.2 Å². The van der Waals surface area contributed by atoms with Gasteiger partial charge in [0.05, 0.1) is 17.7 Å². The molecule has 1 amide bonds. The Morgan fingerprint density at radius 3 is 2.28 bits per heavy atom. The van der Waals surface area contributed by atoms with E-state index in [2.05, 4.69) is 33.3 Å². The van der Waals surface area contributed by atoms with Gasteiger partial charge in [-0.1, -0.05) is 60.7 Å². The molecule has 32 heavy (non-hydrogen) atoms. The van der Waals surface area contributed by atoms with E-state index in [1.807, 2.05) is 73.7 Å². The highest BCUT2D eigenvalue weighted by Crippen LogP contribution is 2.27. The minimum Gasteiger partial charge on any atom is -0.324 e. The standard InChI is InChI=1S/C27H28N4O/c1-21(27(32)29-26-10-6-5-9-25(26)24-7-3-2-4-8-24)31-17-15-30(16-18-31)20-23-13-11-22(19-28)12-14-23/h2-14,21H,15-18,20H2,1H3,(H,29,32)/t21-/m1/s1. The van der Waals surface area contributed by atoms with Crippen molar-refractivity contribution < 1.29 is 4.79 Å². The predicted octanol–water partition coefficient (Wildman–Crippen LogP) is 4.37. The van der Waals surface area contributed by atoms with Gasteiger partial charge in [-0.2, -0.15) is 5.26 Å². The lowest BCUT2D eigenvalue weighted by Gasteiger charge is -2.37. The number of carbonyl (C=O) groups is 1. The molecule has 0 spiro atoms. The van der Waals surface area contributed by atoms with Crippen LogP contribution in [-0.2, 0) is 11.3 Å². The van der Waals surface area contributed by atoms with Crippen molar-refractivity contribution in [2.45, 2.75) is 19.5 Å². The number of nitrogens with zero attached hydrogens (tertiary/aromatic N) is 3.